The van der Waals surface area contributed by atoms with Gasteiger partial charge in [-0.2, -0.15) is 0 Å². The van der Waals surface area contributed by atoms with Crippen molar-refractivity contribution in [1.82, 2.24) is 5.32 Å². The van der Waals surface area contributed by atoms with Crippen molar-refractivity contribution >= 4 is 31.9 Å². The van der Waals surface area contributed by atoms with Gasteiger partial charge in [-0.15, -0.1) is 6.42 Å². The molecule has 0 aliphatic heterocycles. The zero-order valence-electron chi connectivity index (χ0n) is 8.56. The highest BCUT2D eigenvalue weighted by Crippen LogP contribution is 2.23. The molecule has 3 heteroatoms. The lowest BCUT2D eigenvalue weighted by Crippen LogP contribution is -2.26. The van der Waals surface area contributed by atoms with Crippen molar-refractivity contribution in [3.8, 4) is 12.3 Å². The molecule has 0 aliphatic carbocycles. The van der Waals surface area contributed by atoms with Crippen molar-refractivity contribution in [3.05, 3.63) is 32.7 Å². The average molecular weight is 331 g/mol. The summed E-state index contributed by atoms with van der Waals surface area (Å²) in [6.45, 7) is 2.88. The number of nitrogens with one attached hydrogen (secondary N) is 1. The van der Waals surface area contributed by atoms with Crippen LogP contribution in [-0.2, 0) is 6.54 Å². The first kappa shape index (κ1) is 12.8. The Morgan fingerprint density at radius 2 is 2.13 bits per heavy atom. The lowest BCUT2D eigenvalue weighted by atomic mass is 10.2. The van der Waals surface area contributed by atoms with Crippen LogP contribution in [0.4, 0.5) is 0 Å². The highest BCUT2D eigenvalue weighted by Gasteiger charge is 2.02. The van der Waals surface area contributed by atoms with Gasteiger partial charge in [0.1, 0.15) is 0 Å². The van der Waals surface area contributed by atoms with Gasteiger partial charge in [-0.1, -0.05) is 18.9 Å². The molecule has 0 aromatic heterocycles. The molecule has 0 saturated heterocycles. The van der Waals surface area contributed by atoms with Crippen LogP contribution in [0.1, 0.15) is 18.9 Å². The van der Waals surface area contributed by atoms with E-state index in [1.54, 1.807) is 0 Å². The Labute approximate surface area is 108 Å². The van der Waals surface area contributed by atoms with E-state index in [9.17, 15) is 0 Å². The summed E-state index contributed by atoms with van der Waals surface area (Å²) in [5.74, 6) is 2.72. The second kappa shape index (κ2) is 6.32. The molecule has 15 heavy (non-hydrogen) atoms. The highest BCUT2D eigenvalue weighted by molar-refractivity contribution is 9.13. The van der Waals surface area contributed by atoms with Gasteiger partial charge < -0.3 is 0 Å². The van der Waals surface area contributed by atoms with Crippen LogP contribution in [0, 0.1) is 12.3 Å². The molecule has 0 aliphatic rings. The van der Waals surface area contributed by atoms with E-state index >= 15 is 0 Å². The summed E-state index contributed by atoms with van der Waals surface area (Å²) in [5, 5.41) is 3.31. The Bertz CT molecular complexity index is 368. The van der Waals surface area contributed by atoms with E-state index in [0.29, 0.717) is 0 Å². The normalized spacial score (nSPS) is 12.1. The van der Waals surface area contributed by atoms with Crippen molar-refractivity contribution in [2.24, 2.45) is 0 Å². The lowest BCUT2D eigenvalue weighted by Gasteiger charge is -2.10. The third-order valence-electron chi connectivity index (χ3n) is 2.15. The van der Waals surface area contributed by atoms with Crippen molar-refractivity contribution in [2.75, 3.05) is 0 Å². The fraction of sp³-hybridized carbons (Fsp3) is 0.333. The molecule has 1 atom stereocenters. The molecule has 80 valence electrons. The number of hydrogen-bond donors (Lipinski definition) is 1. The molecule has 0 fully saturated rings. The van der Waals surface area contributed by atoms with E-state index in [1.165, 1.54) is 5.56 Å². The topological polar surface area (TPSA) is 12.0 Å². The second-order valence-corrected chi connectivity index (χ2v) is 4.97. The first-order valence-electron chi connectivity index (χ1n) is 4.80. The number of benzene rings is 1. The van der Waals surface area contributed by atoms with Crippen molar-refractivity contribution in [3.63, 3.8) is 0 Å². The first-order chi connectivity index (χ1) is 7.17. The minimum atomic E-state index is 0.160. The molecular formula is C12H13Br2N. The van der Waals surface area contributed by atoms with Crippen LogP contribution in [0.2, 0.25) is 0 Å². The van der Waals surface area contributed by atoms with Crippen LogP contribution < -0.4 is 5.32 Å². The van der Waals surface area contributed by atoms with Crippen LogP contribution in [-0.4, -0.2) is 6.04 Å². The molecule has 1 unspecified atom stereocenters. The second-order valence-electron chi connectivity index (χ2n) is 3.26. The van der Waals surface area contributed by atoms with Crippen LogP contribution in [0.15, 0.2) is 27.1 Å². The molecule has 0 heterocycles. The predicted octanol–water partition coefficient (Wildman–Crippen LogP) is 3.71. The van der Waals surface area contributed by atoms with Crippen LogP contribution >= 0.6 is 31.9 Å². The number of hydrogen-bond acceptors (Lipinski definition) is 1. The minimum absolute atomic E-state index is 0.160. The van der Waals surface area contributed by atoms with Gasteiger partial charge >= 0.3 is 0 Å². The molecule has 0 bridgehead atoms. The van der Waals surface area contributed by atoms with Crippen molar-refractivity contribution in [1.29, 1.82) is 0 Å². The molecule has 1 N–H and O–H groups in total. The zero-order valence-corrected chi connectivity index (χ0v) is 11.7. The van der Waals surface area contributed by atoms with E-state index in [2.05, 4.69) is 62.2 Å². The summed E-state index contributed by atoms with van der Waals surface area (Å²) in [6, 6.07) is 6.34. The molecule has 1 nitrogen and oxygen atoms in total. The summed E-state index contributed by atoms with van der Waals surface area (Å²) in [4.78, 5) is 0. The predicted molar refractivity (Wildman–Crippen MR) is 71.6 cm³/mol. The minimum Gasteiger partial charge on any atom is -0.300 e. The van der Waals surface area contributed by atoms with Gasteiger partial charge in [0, 0.05) is 15.5 Å². The van der Waals surface area contributed by atoms with E-state index in [0.717, 1.165) is 21.9 Å². The van der Waals surface area contributed by atoms with Gasteiger partial charge in [-0.3, -0.25) is 5.32 Å². The summed E-state index contributed by atoms with van der Waals surface area (Å²) in [7, 11) is 0. The Kier molecular flexibility index (Phi) is 5.38. The van der Waals surface area contributed by atoms with E-state index in [1.807, 2.05) is 6.07 Å². The summed E-state index contributed by atoms with van der Waals surface area (Å²) in [6.07, 6.45) is 6.32. The summed E-state index contributed by atoms with van der Waals surface area (Å²) < 4.78 is 2.13. The van der Waals surface area contributed by atoms with E-state index in [4.69, 9.17) is 6.42 Å². The molecule has 1 aromatic rings. The van der Waals surface area contributed by atoms with Crippen LogP contribution in [0.5, 0.6) is 0 Å². The number of halogens is 2. The van der Waals surface area contributed by atoms with Crippen LogP contribution in [0.3, 0.4) is 0 Å². The van der Waals surface area contributed by atoms with E-state index < -0.39 is 0 Å². The molecule has 1 aromatic carbocycles. The fourth-order valence-electron chi connectivity index (χ4n) is 1.21. The Morgan fingerprint density at radius 1 is 1.40 bits per heavy atom. The maximum Gasteiger partial charge on any atom is 0.0686 e. The van der Waals surface area contributed by atoms with Gasteiger partial charge in [-0.25, -0.2) is 0 Å². The Morgan fingerprint density at radius 3 is 2.67 bits per heavy atom. The first-order valence-corrected chi connectivity index (χ1v) is 6.39. The maximum atomic E-state index is 5.37. The smallest absolute Gasteiger partial charge is 0.0686 e. The zero-order chi connectivity index (χ0) is 11.3. The highest BCUT2D eigenvalue weighted by atomic mass is 79.9. The number of terminal acetylenes is 1. The summed E-state index contributed by atoms with van der Waals surface area (Å²) in [5.41, 5.74) is 1.22. The standard InChI is InChI=1S/C12H13Br2N/c1-3-10(4-2)15-8-9-5-6-11(13)12(14)7-9/h1,5-7,10,15H,4,8H2,2H3. The third-order valence-corrected chi connectivity index (χ3v) is 4.03. The fourth-order valence-corrected chi connectivity index (χ4v) is 1.88. The Balaban J connectivity index is 2.59. The molecule has 1 rings (SSSR count). The molecule has 0 saturated carbocycles. The molecule has 0 radical (unpaired) electrons. The largest absolute Gasteiger partial charge is 0.300 e. The van der Waals surface area contributed by atoms with Gasteiger partial charge in [-0.05, 0) is 56.0 Å². The average Bonchev–Trinajstić information content (AvgIpc) is 2.24. The van der Waals surface area contributed by atoms with Gasteiger partial charge in [0.2, 0.25) is 0 Å². The molecule has 0 amide bonds. The monoisotopic (exact) mass is 329 g/mol. The third kappa shape index (κ3) is 3.98. The Hall–Kier alpha value is -0.300. The molecular weight excluding hydrogens is 318 g/mol. The van der Waals surface area contributed by atoms with Gasteiger partial charge in [0.25, 0.3) is 0 Å². The number of rotatable bonds is 4. The van der Waals surface area contributed by atoms with Gasteiger partial charge in [0.05, 0.1) is 6.04 Å². The SMILES string of the molecule is C#CC(CC)NCc1ccc(Br)c(Br)c1. The van der Waals surface area contributed by atoms with Gasteiger partial charge in [0.15, 0.2) is 0 Å². The van der Waals surface area contributed by atoms with Crippen molar-refractivity contribution < 1.29 is 0 Å². The summed E-state index contributed by atoms with van der Waals surface area (Å²) >= 11 is 6.91. The van der Waals surface area contributed by atoms with E-state index in [-0.39, 0.29) is 6.04 Å². The lowest BCUT2D eigenvalue weighted by molar-refractivity contribution is 0.592. The maximum absolute atomic E-state index is 5.37. The molecule has 0 spiro atoms. The van der Waals surface area contributed by atoms with Crippen molar-refractivity contribution in [2.45, 2.75) is 25.9 Å². The van der Waals surface area contributed by atoms with Crippen LogP contribution in [0.25, 0.3) is 0 Å². The quantitative estimate of drug-likeness (QED) is 0.830.